The third-order valence-electron chi connectivity index (χ3n) is 13.0. The number of nitrogens with zero attached hydrogens (tertiary/aromatic N) is 4. The standard InChI is InChI=1S/C65H42N4O4/c66-43-67-60-39-37-56(68(52-29-21-48(22-30-52)62(70)44-13-5-1-6-14-44)53-31-23-49(24-32-53)63(71)45-15-7-2-8-16-45)41-58(60)59-42-57(38-40-61(59)67)69(54-33-25-50(26-34-54)64(72)46-17-9-3-10-18-46)55-35-27-51(28-36-55)65(73)47-19-11-4-12-20-47/h1-42H. The zero-order valence-electron chi connectivity index (χ0n) is 39.2. The van der Waals surface area contributed by atoms with Gasteiger partial charge in [0.1, 0.15) is 0 Å². The van der Waals surface area contributed by atoms with Crippen LogP contribution in [-0.4, -0.2) is 27.7 Å². The molecular weight excluding hydrogens is 901 g/mol. The van der Waals surface area contributed by atoms with Crippen molar-refractivity contribution < 1.29 is 19.2 Å². The predicted molar refractivity (Wildman–Crippen MR) is 289 cm³/mol. The van der Waals surface area contributed by atoms with Crippen LogP contribution >= 0.6 is 0 Å². The highest BCUT2D eigenvalue weighted by Crippen LogP contribution is 2.42. The molecular formula is C65H42N4O4. The Labute approximate surface area is 421 Å². The van der Waals surface area contributed by atoms with Crippen LogP contribution in [0.15, 0.2) is 255 Å². The molecule has 0 radical (unpaired) electrons. The van der Waals surface area contributed by atoms with E-state index < -0.39 is 0 Å². The number of carbonyl (C=O) groups excluding carboxylic acids is 4. The fourth-order valence-corrected chi connectivity index (χ4v) is 9.35. The first-order chi connectivity index (χ1) is 35.8. The van der Waals surface area contributed by atoms with E-state index in [9.17, 15) is 24.4 Å². The second kappa shape index (κ2) is 19.6. The quantitative estimate of drug-likeness (QED) is 0.100. The van der Waals surface area contributed by atoms with Crippen molar-refractivity contribution >= 4 is 79.1 Å². The molecule has 10 aromatic carbocycles. The minimum absolute atomic E-state index is 0.0914. The van der Waals surface area contributed by atoms with E-state index in [1.54, 1.807) is 53.1 Å². The molecule has 11 rings (SSSR count). The number of benzene rings is 10. The third-order valence-corrected chi connectivity index (χ3v) is 13.0. The van der Waals surface area contributed by atoms with Crippen LogP contribution in [0.4, 0.5) is 34.1 Å². The zero-order valence-corrected chi connectivity index (χ0v) is 39.2. The van der Waals surface area contributed by atoms with Crippen molar-refractivity contribution in [2.24, 2.45) is 0 Å². The molecule has 8 heteroatoms. The van der Waals surface area contributed by atoms with E-state index in [0.29, 0.717) is 55.5 Å². The van der Waals surface area contributed by atoms with Crippen molar-refractivity contribution in [1.82, 2.24) is 4.57 Å². The number of carbonyl (C=O) groups is 4. The van der Waals surface area contributed by atoms with Crippen molar-refractivity contribution in [3.63, 3.8) is 0 Å². The minimum atomic E-state index is -0.0914. The fraction of sp³-hybridized carbons (Fsp3) is 0. The van der Waals surface area contributed by atoms with E-state index in [2.05, 4.69) is 28.1 Å². The van der Waals surface area contributed by atoms with Crippen molar-refractivity contribution in [2.45, 2.75) is 0 Å². The van der Waals surface area contributed by atoms with E-state index in [1.807, 2.05) is 194 Å². The normalized spacial score (nSPS) is 10.9. The van der Waals surface area contributed by atoms with E-state index in [1.165, 1.54) is 0 Å². The van der Waals surface area contributed by atoms with Gasteiger partial charge in [-0.2, -0.15) is 5.26 Å². The lowest BCUT2D eigenvalue weighted by molar-refractivity contribution is 0.103. The summed E-state index contributed by atoms with van der Waals surface area (Å²) < 4.78 is 1.62. The number of aromatic nitrogens is 1. The molecule has 1 aromatic heterocycles. The van der Waals surface area contributed by atoms with Gasteiger partial charge < -0.3 is 9.80 Å². The van der Waals surface area contributed by atoms with Crippen LogP contribution in [0.25, 0.3) is 21.8 Å². The van der Waals surface area contributed by atoms with E-state index in [4.69, 9.17) is 0 Å². The van der Waals surface area contributed by atoms with Crippen molar-refractivity contribution in [1.29, 1.82) is 5.26 Å². The van der Waals surface area contributed by atoms with E-state index in [0.717, 1.165) is 44.9 Å². The monoisotopic (exact) mass is 942 g/mol. The fourth-order valence-electron chi connectivity index (χ4n) is 9.35. The molecule has 346 valence electrons. The van der Waals surface area contributed by atoms with Gasteiger partial charge in [-0.3, -0.25) is 19.2 Å². The number of ketones is 4. The highest BCUT2D eigenvalue weighted by molar-refractivity contribution is 6.13. The van der Waals surface area contributed by atoms with Crippen molar-refractivity contribution in [2.75, 3.05) is 9.80 Å². The summed E-state index contributed by atoms with van der Waals surface area (Å²) in [5.74, 6) is -0.366. The SMILES string of the molecule is N#Cn1c2ccc(N(c3ccc(C(=O)c4ccccc4)cc3)c3ccc(C(=O)c4ccccc4)cc3)cc2c2cc(N(c3ccc(C(=O)c4ccccc4)cc3)c3ccc(C(=O)c4ccccc4)cc3)ccc21. The van der Waals surface area contributed by atoms with Crippen molar-refractivity contribution in [3.05, 3.63) is 299 Å². The topological polar surface area (TPSA) is 103 Å². The van der Waals surface area contributed by atoms with Gasteiger partial charge in [-0.15, -0.1) is 0 Å². The molecule has 11 aromatic rings. The Balaban J connectivity index is 1.03. The molecule has 0 aliphatic carbocycles. The zero-order chi connectivity index (χ0) is 49.8. The molecule has 1 heterocycles. The van der Waals surface area contributed by atoms with Crippen LogP contribution in [0.2, 0.25) is 0 Å². The first-order valence-corrected chi connectivity index (χ1v) is 23.7. The summed E-state index contributed by atoms with van der Waals surface area (Å²) >= 11 is 0. The smallest absolute Gasteiger partial charge is 0.193 e. The summed E-state index contributed by atoms with van der Waals surface area (Å²) in [6.45, 7) is 0. The van der Waals surface area contributed by atoms with Gasteiger partial charge in [0, 0.05) is 89.4 Å². The summed E-state index contributed by atoms with van der Waals surface area (Å²) in [6, 6.07) is 78.4. The van der Waals surface area contributed by atoms with Gasteiger partial charge in [-0.1, -0.05) is 121 Å². The Morgan fingerprint density at radius 2 is 0.507 bits per heavy atom. The molecule has 8 nitrogen and oxygen atoms in total. The maximum Gasteiger partial charge on any atom is 0.193 e. The lowest BCUT2D eigenvalue weighted by atomic mass is 10.0. The van der Waals surface area contributed by atoms with E-state index >= 15 is 0 Å². The lowest BCUT2D eigenvalue weighted by Gasteiger charge is -2.26. The Morgan fingerprint density at radius 1 is 0.288 bits per heavy atom. The van der Waals surface area contributed by atoms with Gasteiger partial charge in [-0.05, 0) is 133 Å². The first-order valence-electron chi connectivity index (χ1n) is 23.7. The Morgan fingerprint density at radius 3 is 0.740 bits per heavy atom. The van der Waals surface area contributed by atoms with Gasteiger partial charge in [0.05, 0.1) is 11.0 Å². The summed E-state index contributed by atoms with van der Waals surface area (Å²) in [5, 5.41) is 12.3. The van der Waals surface area contributed by atoms with E-state index in [-0.39, 0.29) is 23.1 Å². The van der Waals surface area contributed by atoms with Gasteiger partial charge in [-0.25, -0.2) is 4.57 Å². The maximum atomic E-state index is 13.5. The average molecular weight is 943 g/mol. The average Bonchev–Trinajstić information content (AvgIpc) is 3.78. The minimum Gasteiger partial charge on any atom is -0.310 e. The van der Waals surface area contributed by atoms with Gasteiger partial charge in [0.15, 0.2) is 29.3 Å². The second-order valence-corrected chi connectivity index (χ2v) is 17.5. The summed E-state index contributed by atoms with van der Waals surface area (Å²) in [4.78, 5) is 58.3. The molecule has 0 saturated carbocycles. The molecule has 0 saturated heterocycles. The summed E-state index contributed by atoms with van der Waals surface area (Å²) in [6.07, 6.45) is 2.40. The third kappa shape index (κ3) is 8.87. The predicted octanol–water partition coefficient (Wildman–Crippen LogP) is 15.0. The van der Waals surface area contributed by atoms with Crippen LogP contribution in [0.5, 0.6) is 0 Å². The molecule has 0 fully saturated rings. The molecule has 0 unspecified atom stereocenters. The molecule has 0 bridgehead atoms. The van der Waals surface area contributed by atoms with Crippen LogP contribution in [-0.2, 0) is 0 Å². The Bertz CT molecular complexity index is 3450. The molecule has 0 N–H and O–H groups in total. The number of hydrogen-bond acceptors (Lipinski definition) is 7. The number of nitriles is 1. The van der Waals surface area contributed by atoms with Crippen LogP contribution < -0.4 is 9.80 Å². The van der Waals surface area contributed by atoms with Crippen LogP contribution in [0.3, 0.4) is 0 Å². The molecule has 0 aliphatic rings. The summed E-state index contributed by atoms with van der Waals surface area (Å²) in [7, 11) is 0. The molecule has 73 heavy (non-hydrogen) atoms. The van der Waals surface area contributed by atoms with Crippen LogP contribution in [0.1, 0.15) is 63.7 Å². The number of fused-ring (bicyclic) bond motifs is 3. The largest absolute Gasteiger partial charge is 0.310 e. The number of hydrogen-bond donors (Lipinski definition) is 0. The second-order valence-electron chi connectivity index (χ2n) is 17.5. The highest BCUT2D eigenvalue weighted by atomic mass is 16.1. The first kappa shape index (κ1) is 45.2. The number of rotatable bonds is 14. The Hall–Kier alpha value is -10.2. The van der Waals surface area contributed by atoms with Gasteiger partial charge in [0.2, 0.25) is 0 Å². The number of anilines is 6. The van der Waals surface area contributed by atoms with Gasteiger partial charge in [0.25, 0.3) is 0 Å². The molecule has 0 aliphatic heterocycles. The summed E-state index contributed by atoms with van der Waals surface area (Å²) in [5.41, 5.74) is 10.5. The molecule has 0 spiro atoms. The molecule has 0 amide bonds. The molecule has 0 atom stereocenters. The van der Waals surface area contributed by atoms with Crippen LogP contribution in [0, 0.1) is 11.5 Å². The highest BCUT2D eigenvalue weighted by Gasteiger charge is 2.22. The van der Waals surface area contributed by atoms with Gasteiger partial charge >= 0.3 is 0 Å². The van der Waals surface area contributed by atoms with Crippen molar-refractivity contribution in [3.8, 4) is 6.19 Å². The lowest BCUT2D eigenvalue weighted by Crippen LogP contribution is -2.11. The maximum absolute atomic E-state index is 13.5. The Kier molecular flexibility index (Phi) is 12.2.